The largest absolute Gasteiger partial charge is 0.493 e. The van der Waals surface area contributed by atoms with Gasteiger partial charge in [-0.3, -0.25) is 4.72 Å². The molecule has 0 aromatic heterocycles. The lowest BCUT2D eigenvalue weighted by Gasteiger charge is -2.12. The lowest BCUT2D eigenvalue weighted by Crippen LogP contribution is -2.13. The van der Waals surface area contributed by atoms with E-state index in [0.29, 0.717) is 17.2 Å². The smallest absolute Gasteiger partial charge is 0.262 e. The van der Waals surface area contributed by atoms with Gasteiger partial charge in [-0.15, -0.1) is 0 Å². The highest BCUT2D eigenvalue weighted by atomic mass is 32.2. The molecule has 0 spiro atoms. The van der Waals surface area contributed by atoms with E-state index in [4.69, 9.17) is 9.47 Å². The number of nitrogens with one attached hydrogen (secondary N) is 1. The van der Waals surface area contributed by atoms with Crippen molar-refractivity contribution in [2.24, 2.45) is 0 Å². The molecule has 0 aliphatic heterocycles. The van der Waals surface area contributed by atoms with Crippen LogP contribution in [-0.4, -0.2) is 22.6 Å². The number of aryl methyl sites for hydroxylation is 1. The Labute approximate surface area is 137 Å². The van der Waals surface area contributed by atoms with Crippen molar-refractivity contribution in [3.05, 3.63) is 48.0 Å². The Balaban J connectivity index is 2.24. The minimum Gasteiger partial charge on any atom is -0.493 e. The number of hydrogen-bond donors (Lipinski definition) is 1. The van der Waals surface area contributed by atoms with Gasteiger partial charge in [-0.2, -0.15) is 0 Å². The number of benzene rings is 2. The maximum Gasteiger partial charge on any atom is 0.262 e. The summed E-state index contributed by atoms with van der Waals surface area (Å²) >= 11 is 0. The van der Waals surface area contributed by atoms with Gasteiger partial charge in [0.15, 0.2) is 11.5 Å². The van der Waals surface area contributed by atoms with Gasteiger partial charge in [0.2, 0.25) is 0 Å². The zero-order chi connectivity index (χ0) is 16.9. The minimum atomic E-state index is -3.68. The van der Waals surface area contributed by atoms with Gasteiger partial charge >= 0.3 is 0 Å². The highest BCUT2D eigenvalue weighted by molar-refractivity contribution is 7.92. The van der Waals surface area contributed by atoms with E-state index in [1.165, 1.54) is 31.9 Å². The first-order valence-corrected chi connectivity index (χ1v) is 8.82. The molecule has 0 unspecified atom stereocenters. The summed E-state index contributed by atoms with van der Waals surface area (Å²) in [7, 11) is -0.713. The molecule has 0 heterocycles. The van der Waals surface area contributed by atoms with Crippen LogP contribution in [0.4, 0.5) is 5.69 Å². The molecule has 0 bridgehead atoms. The molecule has 6 heteroatoms. The second-order valence-electron chi connectivity index (χ2n) is 5.07. The van der Waals surface area contributed by atoms with Crippen LogP contribution in [0.25, 0.3) is 0 Å². The van der Waals surface area contributed by atoms with Gasteiger partial charge in [0.05, 0.1) is 19.1 Å². The van der Waals surface area contributed by atoms with Crippen LogP contribution in [0.3, 0.4) is 0 Å². The first-order valence-electron chi connectivity index (χ1n) is 7.34. The van der Waals surface area contributed by atoms with E-state index in [2.05, 4.69) is 11.6 Å². The molecule has 1 N–H and O–H groups in total. The van der Waals surface area contributed by atoms with E-state index >= 15 is 0 Å². The van der Waals surface area contributed by atoms with Crippen LogP contribution in [0, 0.1) is 0 Å². The van der Waals surface area contributed by atoms with E-state index in [-0.39, 0.29) is 4.90 Å². The number of hydrogen-bond acceptors (Lipinski definition) is 4. The monoisotopic (exact) mass is 335 g/mol. The Hall–Kier alpha value is -2.21. The Kier molecular flexibility index (Phi) is 5.50. The highest BCUT2D eigenvalue weighted by Crippen LogP contribution is 2.30. The average Bonchev–Trinajstić information content (AvgIpc) is 2.56. The maximum atomic E-state index is 12.5. The fourth-order valence-electron chi connectivity index (χ4n) is 2.23. The number of methoxy groups -OCH3 is 2. The molecule has 0 fully saturated rings. The summed E-state index contributed by atoms with van der Waals surface area (Å²) in [6, 6.07) is 11.9. The molecular formula is C17H21NO4S. The van der Waals surface area contributed by atoms with Gasteiger partial charge in [-0.25, -0.2) is 8.42 Å². The summed E-state index contributed by atoms with van der Waals surface area (Å²) in [6.07, 6.45) is 2.03. The summed E-state index contributed by atoms with van der Waals surface area (Å²) in [6.45, 7) is 2.10. The Morgan fingerprint density at radius 1 is 0.957 bits per heavy atom. The Bertz CT molecular complexity index is 755. The fourth-order valence-corrected chi connectivity index (χ4v) is 3.30. The topological polar surface area (TPSA) is 64.6 Å². The van der Waals surface area contributed by atoms with Crippen molar-refractivity contribution in [2.45, 2.75) is 24.7 Å². The van der Waals surface area contributed by atoms with Gasteiger partial charge in [0.1, 0.15) is 0 Å². The van der Waals surface area contributed by atoms with E-state index in [9.17, 15) is 8.42 Å². The second kappa shape index (κ2) is 7.37. The van der Waals surface area contributed by atoms with E-state index in [0.717, 1.165) is 12.8 Å². The number of anilines is 1. The second-order valence-corrected chi connectivity index (χ2v) is 6.75. The molecule has 0 atom stereocenters. The zero-order valence-corrected chi connectivity index (χ0v) is 14.3. The van der Waals surface area contributed by atoms with Gasteiger partial charge in [-0.05, 0) is 36.2 Å². The van der Waals surface area contributed by atoms with Crippen molar-refractivity contribution < 1.29 is 17.9 Å². The normalized spacial score (nSPS) is 11.1. The third-order valence-electron chi connectivity index (χ3n) is 3.41. The maximum absolute atomic E-state index is 12.5. The van der Waals surface area contributed by atoms with Crippen LogP contribution in [-0.2, 0) is 16.4 Å². The summed E-state index contributed by atoms with van der Waals surface area (Å²) in [5.41, 5.74) is 1.71. The van der Waals surface area contributed by atoms with E-state index in [1.807, 2.05) is 12.1 Å². The Morgan fingerprint density at radius 3 is 2.17 bits per heavy atom. The number of sulfonamides is 1. The summed E-state index contributed by atoms with van der Waals surface area (Å²) < 4.78 is 37.8. The van der Waals surface area contributed by atoms with Crippen LogP contribution in [0.5, 0.6) is 11.5 Å². The minimum absolute atomic E-state index is 0.118. The molecule has 124 valence electrons. The molecule has 0 saturated carbocycles. The molecule has 2 aromatic rings. The van der Waals surface area contributed by atoms with Crippen molar-refractivity contribution in [1.82, 2.24) is 0 Å². The summed E-state index contributed by atoms with van der Waals surface area (Å²) in [4.78, 5) is 0.118. The first-order chi connectivity index (χ1) is 11.0. The van der Waals surface area contributed by atoms with Gasteiger partial charge < -0.3 is 9.47 Å². The molecule has 2 rings (SSSR count). The van der Waals surface area contributed by atoms with Crippen LogP contribution in [0.15, 0.2) is 47.4 Å². The van der Waals surface area contributed by atoms with Crippen molar-refractivity contribution >= 4 is 15.7 Å². The molecule has 0 aliphatic carbocycles. The molecule has 0 radical (unpaired) electrons. The lowest BCUT2D eigenvalue weighted by atomic mass is 10.1. The zero-order valence-electron chi connectivity index (χ0n) is 13.5. The van der Waals surface area contributed by atoms with Crippen LogP contribution in [0.2, 0.25) is 0 Å². The molecule has 23 heavy (non-hydrogen) atoms. The van der Waals surface area contributed by atoms with Gasteiger partial charge in [-0.1, -0.05) is 25.5 Å². The van der Waals surface area contributed by atoms with Crippen molar-refractivity contribution in [3.63, 3.8) is 0 Å². The first kappa shape index (κ1) is 17.1. The van der Waals surface area contributed by atoms with Gasteiger partial charge in [0, 0.05) is 11.8 Å². The average molecular weight is 335 g/mol. The standard InChI is InChI=1S/C17H21NO4S/c1-4-5-13-6-8-14(9-7-13)18-23(19,20)15-10-11-16(21-2)17(12-15)22-3/h6-12,18H,4-5H2,1-3H3. The van der Waals surface area contributed by atoms with Crippen LogP contribution in [0.1, 0.15) is 18.9 Å². The third kappa shape index (κ3) is 4.16. The molecule has 0 saturated heterocycles. The number of rotatable bonds is 7. The Morgan fingerprint density at radius 2 is 1.61 bits per heavy atom. The van der Waals surface area contributed by atoms with E-state index in [1.54, 1.807) is 18.2 Å². The molecule has 0 amide bonds. The molecule has 0 aliphatic rings. The van der Waals surface area contributed by atoms with Crippen LogP contribution >= 0.6 is 0 Å². The number of ether oxygens (including phenoxy) is 2. The summed E-state index contributed by atoms with van der Waals surface area (Å²) in [5, 5.41) is 0. The molecule has 5 nitrogen and oxygen atoms in total. The SMILES string of the molecule is CCCc1ccc(NS(=O)(=O)c2ccc(OC)c(OC)c2)cc1. The quantitative estimate of drug-likeness (QED) is 0.841. The third-order valence-corrected chi connectivity index (χ3v) is 4.79. The fraction of sp³-hybridized carbons (Fsp3) is 0.294. The van der Waals surface area contributed by atoms with Gasteiger partial charge in [0.25, 0.3) is 10.0 Å². The van der Waals surface area contributed by atoms with Crippen molar-refractivity contribution in [1.29, 1.82) is 0 Å². The highest BCUT2D eigenvalue weighted by Gasteiger charge is 2.17. The van der Waals surface area contributed by atoms with E-state index < -0.39 is 10.0 Å². The lowest BCUT2D eigenvalue weighted by molar-refractivity contribution is 0.354. The molecular weight excluding hydrogens is 314 g/mol. The predicted molar refractivity (Wildman–Crippen MR) is 90.8 cm³/mol. The van der Waals surface area contributed by atoms with Crippen LogP contribution < -0.4 is 14.2 Å². The van der Waals surface area contributed by atoms with Crippen molar-refractivity contribution in [2.75, 3.05) is 18.9 Å². The molecule has 2 aromatic carbocycles. The predicted octanol–water partition coefficient (Wildman–Crippen LogP) is 3.46. The van der Waals surface area contributed by atoms with Crippen molar-refractivity contribution in [3.8, 4) is 11.5 Å². The summed E-state index contributed by atoms with van der Waals surface area (Å²) in [5.74, 6) is 0.851.